The van der Waals surface area contributed by atoms with Gasteiger partial charge < -0.3 is 60.0 Å². The number of carbonyl (C=O) groups is 7. The zero-order valence-corrected chi connectivity index (χ0v) is 74.0. The second-order valence-electron chi connectivity index (χ2n) is 29.1. The van der Waals surface area contributed by atoms with Gasteiger partial charge in [-0.1, -0.05) is 141 Å². The Morgan fingerprint density at radius 1 is 0.395 bits per heavy atom. The van der Waals surface area contributed by atoms with E-state index in [0.717, 1.165) is 95.3 Å². The standard InChI is InChI=1S/C24H24Cl2N4O3.C23H22Cl2N4O3.C15H15Cl2N3O2.C14H13Cl2N3O2.C8H8F3N3O2/c1-14(17-5-7-18(8-6-17)24(32)33-3)27-22(31)21-15(2)28-30-11-10-29(23(21)30)13-16-4-9-19(25)20(26)12-16;1-13(16-4-6-17(7-5-16)23(31)32)26-21(30)20-14(2)27-29-10-9-28(22(20)29)12-15-3-8-18(24)19(25)11-15;1-9-13(15(21)22-2)14-19(5-6-20(14)18-9)8-10-3-4-11(16)12(17)7-10;1-8-12(14(20)21)13-18(4-5-19(13)17-8)7-9-2-3-10(15)11(16)6-9;1-16-7(15)4-5(8(9,10)11)13-14-3-2-12-6(4)14/h4-9,12,14H,10-11,13H2,1-3H3,(H,27,31);3-8,11,13H,9-10,12H2,1-2H3,(H,26,30)(H,31,32);3-4,7H,5-6,8H2,1-2H3;2-3,6H,4-5,7H2,1H3,(H,20,21);12H,2-3H2,1H3/t14-;13-;;;/m00.../s1. The molecule has 0 aliphatic carbocycles. The number of hydrogen-bond donors (Lipinski definition) is 5. The second kappa shape index (κ2) is 39.3. The highest BCUT2D eigenvalue weighted by Gasteiger charge is 2.44. The Morgan fingerprint density at radius 2 is 0.710 bits per heavy atom. The van der Waals surface area contributed by atoms with Crippen molar-refractivity contribution in [3.63, 3.8) is 0 Å². The van der Waals surface area contributed by atoms with E-state index in [2.05, 4.69) is 60.9 Å². The number of halogens is 11. The van der Waals surface area contributed by atoms with Crippen LogP contribution in [-0.4, -0.2) is 155 Å². The summed E-state index contributed by atoms with van der Waals surface area (Å²) in [5.74, 6) is -1.05. The molecule has 652 valence electrons. The van der Waals surface area contributed by atoms with Crippen molar-refractivity contribution in [2.75, 3.05) is 79.0 Å². The minimum absolute atomic E-state index is 0.0687. The lowest BCUT2D eigenvalue weighted by Gasteiger charge is -2.20. The number of methoxy groups -OCH3 is 3. The summed E-state index contributed by atoms with van der Waals surface area (Å²) in [6, 6.07) is 35.0. The molecule has 0 spiro atoms. The number of aromatic carboxylic acids is 2. The lowest BCUT2D eigenvalue weighted by atomic mass is 10.1. The average Bonchev–Trinajstić information content (AvgIpc) is 1.64. The minimum atomic E-state index is -4.66. The summed E-state index contributed by atoms with van der Waals surface area (Å²) >= 11 is 48.4. The summed E-state index contributed by atoms with van der Waals surface area (Å²) in [6.45, 7) is 19.9. The molecule has 0 saturated heterocycles. The van der Waals surface area contributed by atoms with Crippen LogP contribution in [0.25, 0.3) is 0 Å². The number of carboxylic acid groups (broad SMARTS) is 2. The Bertz CT molecular complexity index is 5920. The van der Waals surface area contributed by atoms with Gasteiger partial charge in [0.1, 0.15) is 56.9 Å². The fourth-order valence-electron chi connectivity index (χ4n) is 14.9. The molecule has 6 aromatic carbocycles. The van der Waals surface area contributed by atoms with Crippen LogP contribution in [0.4, 0.5) is 42.3 Å². The highest BCUT2D eigenvalue weighted by molar-refractivity contribution is 6.43. The van der Waals surface area contributed by atoms with E-state index in [-0.39, 0.29) is 46.8 Å². The Hall–Kier alpha value is -11.2. The molecular formula is C84H82Cl8F3N17O12. The summed E-state index contributed by atoms with van der Waals surface area (Å²) in [5.41, 5.74) is 9.05. The van der Waals surface area contributed by atoms with Crippen LogP contribution in [0.2, 0.25) is 40.2 Å². The first kappa shape index (κ1) is 92.0. The topological polar surface area (TPSA) is 326 Å². The van der Waals surface area contributed by atoms with Gasteiger partial charge in [-0.2, -0.15) is 38.7 Å². The highest BCUT2D eigenvalue weighted by Crippen LogP contribution is 2.40. The number of carbonyl (C=O) groups excluding carboxylic acids is 5. The number of rotatable bonds is 19. The fraction of sp³-hybridized carbons (Fsp3) is 0.310. The molecule has 0 fully saturated rings. The van der Waals surface area contributed by atoms with Gasteiger partial charge in [-0.25, -0.2) is 47.4 Å². The van der Waals surface area contributed by atoms with E-state index in [4.69, 9.17) is 107 Å². The van der Waals surface area contributed by atoms with Crippen molar-refractivity contribution in [2.24, 2.45) is 0 Å². The zero-order chi connectivity index (χ0) is 89.6. The first-order valence-corrected chi connectivity index (χ1v) is 41.5. The normalized spacial score (nSPS) is 13.7. The van der Waals surface area contributed by atoms with Gasteiger partial charge in [0.25, 0.3) is 11.8 Å². The van der Waals surface area contributed by atoms with Crippen molar-refractivity contribution >= 4 is 164 Å². The van der Waals surface area contributed by atoms with Gasteiger partial charge in [0.2, 0.25) is 0 Å². The SMILES string of the molecule is COC(=O)c1c(C(F)(F)F)nn2c1NCC2.COC(=O)c1c(C)nn2c1N(Cc1ccc(Cl)c(Cl)c1)CC2.COC(=O)c1ccc([C@H](C)NC(=O)c2c(C)nn3c2N(Cc2ccc(Cl)c(Cl)c2)CC3)cc1.Cc1nn2c(c1C(=O)N[C@@H](C)c1ccc(C(=O)O)cc1)N(Cc1ccc(Cl)c(Cl)c1)CC2.Cc1nn2c(c1C(=O)O)N(Cc1ccc(Cl)c(Cl)c1)CC2. The summed E-state index contributed by atoms with van der Waals surface area (Å²) in [6.07, 6.45) is -4.66. The van der Waals surface area contributed by atoms with E-state index in [1.807, 2.05) is 108 Å². The third kappa shape index (κ3) is 20.6. The molecule has 5 aliphatic heterocycles. The number of nitrogens with zero attached hydrogens (tertiary/aromatic N) is 14. The number of alkyl halides is 3. The Balaban J connectivity index is 0.000000145. The second-order valence-corrected chi connectivity index (χ2v) is 32.4. The molecular weight excluding hydrogens is 1780 g/mol. The predicted octanol–water partition coefficient (Wildman–Crippen LogP) is 17.1. The number of benzene rings is 6. The first-order valence-electron chi connectivity index (χ1n) is 38.5. The van der Waals surface area contributed by atoms with Gasteiger partial charge >= 0.3 is 36.0 Å². The number of hydrogen-bond acceptors (Lipinski definition) is 20. The van der Waals surface area contributed by atoms with Gasteiger partial charge in [0.15, 0.2) is 5.69 Å². The number of ether oxygens (including phenoxy) is 3. The Morgan fingerprint density at radius 3 is 1.03 bits per heavy atom. The van der Waals surface area contributed by atoms with Crippen molar-refractivity contribution in [3.8, 4) is 0 Å². The van der Waals surface area contributed by atoms with Gasteiger partial charge in [-0.05, 0) is 148 Å². The number of esters is 3. The molecule has 11 aromatic rings. The number of carboxylic acids is 2. The molecule has 2 amide bonds. The number of amides is 2. The van der Waals surface area contributed by atoms with Crippen molar-refractivity contribution in [2.45, 2.75) is 119 Å². The average molecular weight is 1860 g/mol. The zero-order valence-electron chi connectivity index (χ0n) is 68.0. The third-order valence-electron chi connectivity index (χ3n) is 20.8. The minimum Gasteiger partial charge on any atom is -0.478 e. The molecule has 40 heteroatoms. The van der Waals surface area contributed by atoms with Crippen LogP contribution in [0.1, 0.15) is 160 Å². The monoisotopic (exact) mass is 1860 g/mol. The molecule has 0 radical (unpaired) electrons. The number of aryl methyl sites for hydroxylation is 4. The fourth-order valence-corrected chi connectivity index (χ4v) is 16.1. The summed E-state index contributed by atoms with van der Waals surface area (Å²) < 4.78 is 60.1. The van der Waals surface area contributed by atoms with Crippen molar-refractivity contribution < 1.29 is 71.2 Å². The maximum Gasteiger partial charge on any atom is 0.436 e. The molecule has 0 saturated carbocycles. The van der Waals surface area contributed by atoms with Crippen LogP contribution < -0.4 is 35.6 Å². The molecule has 0 bridgehead atoms. The van der Waals surface area contributed by atoms with E-state index in [9.17, 15) is 51.8 Å². The van der Waals surface area contributed by atoms with E-state index < -0.39 is 41.3 Å². The maximum absolute atomic E-state index is 13.3. The molecule has 16 rings (SSSR count). The van der Waals surface area contributed by atoms with Gasteiger partial charge in [-0.3, -0.25) is 9.59 Å². The van der Waals surface area contributed by atoms with Crippen LogP contribution >= 0.6 is 92.8 Å². The van der Waals surface area contributed by atoms with Crippen molar-refractivity contribution in [3.05, 3.63) is 262 Å². The lowest BCUT2D eigenvalue weighted by molar-refractivity contribution is -0.142. The molecule has 124 heavy (non-hydrogen) atoms. The first-order chi connectivity index (χ1) is 58.9. The van der Waals surface area contributed by atoms with Crippen molar-refractivity contribution in [1.29, 1.82) is 0 Å². The van der Waals surface area contributed by atoms with Gasteiger partial charge in [-0.15, -0.1) is 0 Å². The largest absolute Gasteiger partial charge is 0.478 e. The third-order valence-corrected chi connectivity index (χ3v) is 23.8. The molecule has 5 aliphatic rings. The van der Waals surface area contributed by atoms with Crippen molar-refractivity contribution in [1.82, 2.24) is 59.5 Å². The van der Waals surface area contributed by atoms with Crippen LogP contribution in [0.5, 0.6) is 0 Å². The highest BCUT2D eigenvalue weighted by atomic mass is 35.5. The lowest BCUT2D eigenvalue weighted by Crippen LogP contribution is -2.29. The number of aromatic nitrogens is 10. The van der Waals surface area contributed by atoms with E-state index >= 15 is 0 Å². The predicted molar refractivity (Wildman–Crippen MR) is 466 cm³/mol. The smallest absolute Gasteiger partial charge is 0.436 e. The molecule has 5 N–H and O–H groups in total. The summed E-state index contributed by atoms with van der Waals surface area (Å²) in [5, 5.41) is 52.4. The summed E-state index contributed by atoms with van der Waals surface area (Å²) in [7, 11) is 3.75. The number of fused-ring (bicyclic) bond motifs is 5. The van der Waals surface area contributed by atoms with Crippen LogP contribution in [0, 0.1) is 27.7 Å². The molecule has 2 atom stereocenters. The van der Waals surface area contributed by atoms with Crippen LogP contribution in [0.15, 0.2) is 121 Å². The van der Waals surface area contributed by atoms with Crippen LogP contribution in [0.3, 0.4) is 0 Å². The molecule has 10 heterocycles. The molecule has 0 unspecified atom stereocenters. The molecule has 5 aromatic heterocycles. The maximum atomic E-state index is 13.3. The van der Waals surface area contributed by atoms with E-state index in [0.29, 0.717) is 150 Å². The van der Waals surface area contributed by atoms with E-state index in [1.54, 1.807) is 66.2 Å². The van der Waals surface area contributed by atoms with Crippen LogP contribution in [-0.2, 0) is 79.3 Å². The Labute approximate surface area is 749 Å². The quantitative estimate of drug-likeness (QED) is 0.0371. The molecule has 29 nitrogen and oxygen atoms in total. The van der Waals surface area contributed by atoms with Gasteiger partial charge in [0.05, 0.1) is 140 Å². The summed E-state index contributed by atoms with van der Waals surface area (Å²) in [4.78, 5) is 92.3. The number of nitrogens with one attached hydrogen (secondary N) is 3. The Kier molecular flexibility index (Phi) is 29.2. The van der Waals surface area contributed by atoms with E-state index in [1.165, 1.54) is 26.4 Å². The van der Waals surface area contributed by atoms with Gasteiger partial charge in [0, 0.05) is 58.9 Å². The number of anilines is 5.